The van der Waals surface area contributed by atoms with Gasteiger partial charge in [-0.3, -0.25) is 0 Å². The number of aryl methyl sites for hydroxylation is 1. The third kappa shape index (κ3) is 5.93. The first-order valence-corrected chi connectivity index (χ1v) is 10.1. The molecule has 0 spiro atoms. The van der Waals surface area contributed by atoms with Crippen molar-refractivity contribution in [1.82, 2.24) is 15.1 Å². The Hall–Kier alpha value is -3.17. The number of methoxy groups -OCH3 is 1. The van der Waals surface area contributed by atoms with E-state index >= 15 is 0 Å². The summed E-state index contributed by atoms with van der Waals surface area (Å²) in [6, 6.07) is 8.90. The lowest BCUT2D eigenvalue weighted by atomic mass is 10.1. The number of aliphatic hydroxyl groups is 2. The highest BCUT2D eigenvalue weighted by Crippen LogP contribution is 2.33. The molecule has 0 aliphatic rings. The highest BCUT2D eigenvalue weighted by Gasteiger charge is 2.17. The second-order valence-corrected chi connectivity index (χ2v) is 7.59. The summed E-state index contributed by atoms with van der Waals surface area (Å²) in [5.41, 5.74) is 2.25. The zero-order chi connectivity index (χ0) is 22.4. The third-order valence-corrected chi connectivity index (χ3v) is 4.38. The van der Waals surface area contributed by atoms with Crippen LogP contribution in [0.1, 0.15) is 19.5 Å². The minimum atomic E-state index is -0.950. The number of hydrogen-bond donors (Lipinski definition) is 3. The van der Waals surface area contributed by atoms with E-state index in [2.05, 4.69) is 34.3 Å². The number of nitrogens with one attached hydrogen (secondary N) is 1. The van der Waals surface area contributed by atoms with Crippen molar-refractivity contribution in [3.05, 3.63) is 36.0 Å². The van der Waals surface area contributed by atoms with Crippen LogP contribution in [-0.4, -0.2) is 58.3 Å². The molecule has 166 valence electrons. The van der Waals surface area contributed by atoms with E-state index < -0.39 is 6.10 Å². The number of benzene rings is 1. The van der Waals surface area contributed by atoms with Crippen molar-refractivity contribution < 1.29 is 24.2 Å². The number of aromatic nitrogens is 3. The fourth-order valence-corrected chi connectivity index (χ4v) is 2.83. The van der Waals surface area contributed by atoms with Gasteiger partial charge in [-0.15, -0.1) is 0 Å². The molecule has 0 unspecified atom stereocenters. The second kappa shape index (κ2) is 10.2. The molecule has 0 bridgehead atoms. The summed E-state index contributed by atoms with van der Waals surface area (Å²) in [5.74, 6) is 2.98. The molecule has 0 aliphatic heterocycles. The molecule has 9 nitrogen and oxygen atoms in total. The monoisotopic (exact) mass is 428 g/mol. The molecular weight excluding hydrogens is 400 g/mol. The molecule has 0 amide bonds. The topological polar surface area (TPSA) is 123 Å². The van der Waals surface area contributed by atoms with Crippen LogP contribution in [-0.2, 0) is 0 Å². The van der Waals surface area contributed by atoms with E-state index in [0.717, 1.165) is 23.6 Å². The van der Waals surface area contributed by atoms with Crippen LogP contribution in [0.15, 0.2) is 34.9 Å². The van der Waals surface area contributed by atoms with Crippen LogP contribution in [0.5, 0.6) is 11.5 Å². The van der Waals surface area contributed by atoms with E-state index in [4.69, 9.17) is 19.1 Å². The van der Waals surface area contributed by atoms with Gasteiger partial charge in [0.25, 0.3) is 5.89 Å². The molecule has 3 aromatic rings. The molecule has 0 saturated carbocycles. The van der Waals surface area contributed by atoms with Gasteiger partial charge < -0.3 is 29.5 Å². The van der Waals surface area contributed by atoms with Crippen molar-refractivity contribution >= 4 is 5.82 Å². The quantitative estimate of drug-likeness (QED) is 0.447. The molecule has 1 atom stereocenters. The Morgan fingerprint density at radius 1 is 1.16 bits per heavy atom. The van der Waals surface area contributed by atoms with Crippen LogP contribution < -0.4 is 14.8 Å². The zero-order valence-corrected chi connectivity index (χ0v) is 18.1. The lowest BCUT2D eigenvalue weighted by Gasteiger charge is -2.12. The maximum Gasteiger partial charge on any atom is 0.258 e. The summed E-state index contributed by atoms with van der Waals surface area (Å²) in [7, 11) is 1.53. The molecule has 2 aromatic heterocycles. The second-order valence-electron chi connectivity index (χ2n) is 7.59. The minimum absolute atomic E-state index is 0.0278. The Balaban J connectivity index is 1.83. The van der Waals surface area contributed by atoms with Crippen LogP contribution in [0.3, 0.4) is 0 Å². The van der Waals surface area contributed by atoms with Gasteiger partial charge in [0.15, 0.2) is 0 Å². The molecule has 9 heteroatoms. The van der Waals surface area contributed by atoms with Crippen molar-refractivity contribution in [1.29, 1.82) is 0 Å². The summed E-state index contributed by atoms with van der Waals surface area (Å²) in [6.45, 7) is 6.59. The Morgan fingerprint density at radius 2 is 1.97 bits per heavy atom. The lowest BCUT2D eigenvalue weighted by molar-refractivity contribution is 0.0535. The standard InChI is InChI=1S/C22H28N4O5/c1-13(2)10-23-20-8-15(7-14(3)24-20)22-25-21(26-31-22)18-6-5-17(9-19(18)29-4)30-12-16(28)11-27/h5-9,13,16,27-28H,10-12H2,1-4H3,(H,23,24)/t16-/m1/s1. The number of nitrogens with zero attached hydrogens (tertiary/aromatic N) is 3. The van der Waals surface area contributed by atoms with Crippen molar-refractivity contribution in [3.63, 3.8) is 0 Å². The van der Waals surface area contributed by atoms with Gasteiger partial charge in [-0.05, 0) is 37.1 Å². The zero-order valence-electron chi connectivity index (χ0n) is 18.1. The van der Waals surface area contributed by atoms with Gasteiger partial charge in [0.1, 0.15) is 30.0 Å². The summed E-state index contributed by atoms with van der Waals surface area (Å²) in [5, 5.41) is 25.8. The maximum absolute atomic E-state index is 9.44. The van der Waals surface area contributed by atoms with Gasteiger partial charge in [0.05, 0.1) is 19.3 Å². The largest absolute Gasteiger partial charge is 0.496 e. The maximum atomic E-state index is 9.44. The SMILES string of the molecule is COc1cc(OC[C@H](O)CO)ccc1-c1noc(-c2cc(C)nc(NCC(C)C)c2)n1. The molecule has 0 aliphatic carbocycles. The van der Waals surface area contributed by atoms with Gasteiger partial charge in [-0.25, -0.2) is 4.98 Å². The molecule has 1 aromatic carbocycles. The van der Waals surface area contributed by atoms with Crippen LogP contribution in [0.25, 0.3) is 22.8 Å². The Morgan fingerprint density at radius 3 is 2.68 bits per heavy atom. The predicted molar refractivity (Wildman–Crippen MR) is 116 cm³/mol. The number of pyridine rings is 1. The normalized spacial score (nSPS) is 12.1. The molecule has 31 heavy (non-hydrogen) atoms. The summed E-state index contributed by atoms with van der Waals surface area (Å²) in [4.78, 5) is 9.03. The summed E-state index contributed by atoms with van der Waals surface area (Å²) >= 11 is 0. The third-order valence-electron chi connectivity index (χ3n) is 4.38. The van der Waals surface area contributed by atoms with Gasteiger partial charge >= 0.3 is 0 Å². The number of rotatable bonds is 10. The lowest BCUT2D eigenvalue weighted by Crippen LogP contribution is -2.21. The molecule has 0 radical (unpaired) electrons. The van der Waals surface area contributed by atoms with Crippen molar-refractivity contribution in [2.75, 3.05) is 32.2 Å². The number of aliphatic hydroxyl groups excluding tert-OH is 2. The van der Waals surface area contributed by atoms with Crippen molar-refractivity contribution in [2.45, 2.75) is 26.9 Å². The molecule has 3 rings (SSSR count). The van der Waals surface area contributed by atoms with Crippen LogP contribution in [0.4, 0.5) is 5.82 Å². The number of hydrogen-bond acceptors (Lipinski definition) is 9. The van der Waals surface area contributed by atoms with E-state index in [1.165, 1.54) is 7.11 Å². The van der Waals surface area contributed by atoms with Crippen LogP contribution in [0, 0.1) is 12.8 Å². The van der Waals surface area contributed by atoms with Crippen LogP contribution in [0.2, 0.25) is 0 Å². The fourth-order valence-electron chi connectivity index (χ4n) is 2.83. The highest BCUT2D eigenvalue weighted by molar-refractivity contribution is 5.68. The summed E-state index contributed by atoms with van der Waals surface area (Å²) < 4.78 is 16.4. The predicted octanol–water partition coefficient (Wildman–Crippen LogP) is 2.92. The first-order chi connectivity index (χ1) is 14.9. The Bertz CT molecular complexity index is 1010. The number of ether oxygens (including phenoxy) is 2. The smallest absolute Gasteiger partial charge is 0.258 e. The molecule has 2 heterocycles. The van der Waals surface area contributed by atoms with E-state index in [-0.39, 0.29) is 13.2 Å². The summed E-state index contributed by atoms with van der Waals surface area (Å²) in [6.07, 6.45) is -0.950. The van der Waals surface area contributed by atoms with E-state index in [9.17, 15) is 5.11 Å². The number of anilines is 1. The van der Waals surface area contributed by atoms with E-state index in [0.29, 0.717) is 34.7 Å². The van der Waals surface area contributed by atoms with E-state index in [1.54, 1.807) is 18.2 Å². The highest BCUT2D eigenvalue weighted by atomic mass is 16.5. The van der Waals surface area contributed by atoms with Gasteiger partial charge in [0.2, 0.25) is 5.82 Å². The van der Waals surface area contributed by atoms with Crippen molar-refractivity contribution in [3.8, 4) is 34.3 Å². The van der Waals surface area contributed by atoms with Gasteiger partial charge in [-0.2, -0.15) is 4.98 Å². The average Bonchev–Trinajstić information content (AvgIpc) is 3.25. The Labute approximate surface area is 181 Å². The van der Waals surface area contributed by atoms with Crippen LogP contribution >= 0.6 is 0 Å². The average molecular weight is 428 g/mol. The minimum Gasteiger partial charge on any atom is -0.496 e. The van der Waals surface area contributed by atoms with Crippen molar-refractivity contribution in [2.24, 2.45) is 5.92 Å². The Kier molecular flexibility index (Phi) is 7.43. The molecule has 3 N–H and O–H groups in total. The first-order valence-electron chi connectivity index (χ1n) is 10.1. The molecule has 0 saturated heterocycles. The first kappa shape index (κ1) is 22.5. The molecular formula is C22H28N4O5. The van der Waals surface area contributed by atoms with Gasteiger partial charge in [-0.1, -0.05) is 19.0 Å². The van der Waals surface area contributed by atoms with Gasteiger partial charge in [0, 0.05) is 23.9 Å². The fraction of sp³-hybridized carbons (Fsp3) is 0.409. The molecule has 0 fully saturated rings. The van der Waals surface area contributed by atoms with E-state index in [1.807, 2.05) is 19.1 Å².